The van der Waals surface area contributed by atoms with Crippen molar-refractivity contribution in [1.29, 1.82) is 0 Å². The Kier molecular flexibility index (Phi) is 5.22. The molecule has 0 aliphatic rings. The van der Waals surface area contributed by atoms with Gasteiger partial charge in [0.1, 0.15) is 0 Å². The monoisotopic (exact) mass is 223 g/mol. The predicted octanol–water partition coefficient (Wildman–Crippen LogP) is 2.03. The van der Waals surface area contributed by atoms with E-state index in [2.05, 4.69) is 24.3 Å². The molecule has 1 aromatic rings. The van der Waals surface area contributed by atoms with Gasteiger partial charge in [-0.2, -0.15) is 0 Å². The van der Waals surface area contributed by atoms with Crippen molar-refractivity contribution >= 4 is 0 Å². The molecule has 0 saturated carbocycles. The van der Waals surface area contributed by atoms with E-state index in [0.717, 1.165) is 18.4 Å². The molecule has 1 heterocycles. The van der Waals surface area contributed by atoms with Crippen molar-refractivity contribution in [2.75, 3.05) is 7.11 Å². The van der Waals surface area contributed by atoms with Gasteiger partial charge >= 0.3 is 0 Å². The zero-order valence-corrected chi connectivity index (χ0v) is 10.2. The van der Waals surface area contributed by atoms with E-state index >= 15 is 0 Å². The first kappa shape index (κ1) is 12.9. The van der Waals surface area contributed by atoms with Crippen LogP contribution >= 0.6 is 0 Å². The fourth-order valence-electron chi connectivity index (χ4n) is 2.05. The van der Waals surface area contributed by atoms with Gasteiger partial charge in [0.15, 0.2) is 0 Å². The molecule has 0 saturated heterocycles. The average Bonchev–Trinajstić information content (AvgIpc) is 2.35. The van der Waals surface area contributed by atoms with Gasteiger partial charge in [-0.1, -0.05) is 32.8 Å². The number of nitrogens with zero attached hydrogens (tertiary/aromatic N) is 1. The summed E-state index contributed by atoms with van der Waals surface area (Å²) in [5.74, 6) is 6.79. The molecule has 0 radical (unpaired) electrons. The molecule has 3 N–H and O–H groups in total. The van der Waals surface area contributed by atoms with Crippen LogP contribution in [0.15, 0.2) is 18.3 Å². The maximum absolute atomic E-state index is 5.65. The Bertz CT molecular complexity index is 313. The lowest BCUT2D eigenvalue weighted by atomic mass is 9.90. The van der Waals surface area contributed by atoms with E-state index in [1.807, 2.05) is 12.1 Å². The van der Waals surface area contributed by atoms with E-state index in [-0.39, 0.29) is 6.04 Å². The molecule has 90 valence electrons. The quantitative estimate of drug-likeness (QED) is 0.572. The maximum atomic E-state index is 5.65. The molecule has 0 spiro atoms. The Labute approximate surface area is 97.2 Å². The molecule has 0 aliphatic heterocycles. The predicted molar refractivity (Wildman–Crippen MR) is 64.9 cm³/mol. The zero-order valence-electron chi connectivity index (χ0n) is 10.2. The molecule has 0 aliphatic carbocycles. The minimum absolute atomic E-state index is 0.0960. The van der Waals surface area contributed by atoms with Crippen LogP contribution in [-0.4, -0.2) is 12.1 Å². The Balaban J connectivity index is 3.02. The highest BCUT2D eigenvalue weighted by Crippen LogP contribution is 2.31. The third kappa shape index (κ3) is 2.71. The number of methoxy groups -OCH3 is 1. The van der Waals surface area contributed by atoms with Crippen LogP contribution in [0.4, 0.5) is 0 Å². The van der Waals surface area contributed by atoms with Gasteiger partial charge in [0.2, 0.25) is 5.88 Å². The minimum Gasteiger partial charge on any atom is -0.481 e. The number of pyridine rings is 1. The van der Waals surface area contributed by atoms with Crippen LogP contribution in [0.5, 0.6) is 5.88 Å². The lowest BCUT2D eigenvalue weighted by Crippen LogP contribution is -2.33. The van der Waals surface area contributed by atoms with Crippen LogP contribution in [-0.2, 0) is 0 Å². The number of aromatic nitrogens is 1. The first-order valence-corrected chi connectivity index (χ1v) is 5.73. The molecule has 1 atom stereocenters. The summed E-state index contributed by atoms with van der Waals surface area (Å²) in [7, 11) is 1.63. The van der Waals surface area contributed by atoms with Crippen molar-refractivity contribution < 1.29 is 4.74 Å². The van der Waals surface area contributed by atoms with Crippen LogP contribution in [0.3, 0.4) is 0 Å². The van der Waals surface area contributed by atoms with Crippen molar-refractivity contribution in [3.8, 4) is 5.88 Å². The van der Waals surface area contributed by atoms with E-state index < -0.39 is 0 Å². The van der Waals surface area contributed by atoms with Crippen molar-refractivity contribution in [2.45, 2.75) is 32.7 Å². The SMILES string of the molecule is CCC(CC)C(NN)c1cccnc1OC. The molecule has 0 amide bonds. The molecule has 0 fully saturated rings. The Morgan fingerprint density at radius 2 is 2.12 bits per heavy atom. The van der Waals surface area contributed by atoms with Gasteiger partial charge in [-0.3, -0.25) is 11.3 Å². The van der Waals surface area contributed by atoms with Crippen LogP contribution in [0.1, 0.15) is 38.3 Å². The van der Waals surface area contributed by atoms with E-state index in [1.54, 1.807) is 13.3 Å². The number of hydrogen-bond donors (Lipinski definition) is 2. The second-order valence-electron chi connectivity index (χ2n) is 3.82. The van der Waals surface area contributed by atoms with E-state index in [0.29, 0.717) is 11.8 Å². The molecular weight excluding hydrogens is 202 g/mol. The number of rotatable bonds is 6. The fourth-order valence-corrected chi connectivity index (χ4v) is 2.05. The van der Waals surface area contributed by atoms with Gasteiger partial charge in [-0.15, -0.1) is 0 Å². The normalized spacial score (nSPS) is 12.8. The standard InChI is InChI=1S/C12H21N3O/c1-4-9(5-2)11(15-13)10-7-6-8-14-12(10)16-3/h6-9,11,15H,4-5,13H2,1-3H3. The summed E-state index contributed by atoms with van der Waals surface area (Å²) >= 11 is 0. The summed E-state index contributed by atoms with van der Waals surface area (Å²) in [5, 5.41) is 0. The Hall–Kier alpha value is -1.13. The minimum atomic E-state index is 0.0960. The number of nitrogens with two attached hydrogens (primary N) is 1. The van der Waals surface area contributed by atoms with Crippen LogP contribution in [0, 0.1) is 5.92 Å². The van der Waals surface area contributed by atoms with Crippen LogP contribution < -0.4 is 16.0 Å². The topological polar surface area (TPSA) is 60.2 Å². The number of nitrogens with one attached hydrogen (secondary N) is 1. The highest BCUT2D eigenvalue weighted by molar-refractivity contribution is 5.29. The summed E-state index contributed by atoms with van der Waals surface area (Å²) in [6, 6.07) is 4.01. The smallest absolute Gasteiger partial charge is 0.217 e. The van der Waals surface area contributed by atoms with E-state index in [1.165, 1.54) is 0 Å². The van der Waals surface area contributed by atoms with Gasteiger partial charge in [0.05, 0.1) is 13.2 Å². The molecule has 1 unspecified atom stereocenters. The number of hydrazine groups is 1. The Morgan fingerprint density at radius 1 is 1.44 bits per heavy atom. The maximum Gasteiger partial charge on any atom is 0.217 e. The molecule has 0 bridgehead atoms. The van der Waals surface area contributed by atoms with E-state index in [9.17, 15) is 0 Å². The van der Waals surface area contributed by atoms with Gasteiger partial charge in [-0.25, -0.2) is 4.98 Å². The number of ether oxygens (including phenoxy) is 1. The summed E-state index contributed by atoms with van der Waals surface area (Å²) in [5.41, 5.74) is 3.90. The summed E-state index contributed by atoms with van der Waals surface area (Å²) in [6.45, 7) is 4.34. The van der Waals surface area contributed by atoms with E-state index in [4.69, 9.17) is 10.6 Å². The molecular formula is C12H21N3O. The average molecular weight is 223 g/mol. The second kappa shape index (κ2) is 6.45. The summed E-state index contributed by atoms with van der Waals surface area (Å²) < 4.78 is 5.26. The lowest BCUT2D eigenvalue weighted by Gasteiger charge is -2.25. The van der Waals surface area contributed by atoms with Crippen molar-refractivity contribution in [1.82, 2.24) is 10.4 Å². The lowest BCUT2D eigenvalue weighted by molar-refractivity contribution is 0.323. The molecule has 0 aromatic carbocycles. The third-order valence-corrected chi connectivity index (χ3v) is 3.03. The van der Waals surface area contributed by atoms with Crippen LogP contribution in [0.25, 0.3) is 0 Å². The first-order chi connectivity index (χ1) is 7.78. The van der Waals surface area contributed by atoms with Gasteiger partial charge in [-0.05, 0) is 12.0 Å². The number of hydrogen-bond acceptors (Lipinski definition) is 4. The molecule has 4 nitrogen and oxygen atoms in total. The molecule has 1 rings (SSSR count). The summed E-state index contributed by atoms with van der Waals surface area (Å²) in [6.07, 6.45) is 3.87. The van der Waals surface area contributed by atoms with Crippen LogP contribution in [0.2, 0.25) is 0 Å². The van der Waals surface area contributed by atoms with Crippen molar-refractivity contribution in [3.63, 3.8) is 0 Å². The first-order valence-electron chi connectivity index (χ1n) is 5.73. The molecule has 1 aromatic heterocycles. The van der Waals surface area contributed by atoms with Crippen molar-refractivity contribution in [3.05, 3.63) is 23.9 Å². The second-order valence-corrected chi connectivity index (χ2v) is 3.82. The largest absolute Gasteiger partial charge is 0.481 e. The highest BCUT2D eigenvalue weighted by Gasteiger charge is 2.22. The van der Waals surface area contributed by atoms with Crippen molar-refractivity contribution in [2.24, 2.45) is 11.8 Å². The fraction of sp³-hybridized carbons (Fsp3) is 0.583. The highest BCUT2D eigenvalue weighted by atomic mass is 16.5. The summed E-state index contributed by atoms with van der Waals surface area (Å²) in [4.78, 5) is 4.20. The van der Waals surface area contributed by atoms with Gasteiger partial charge in [0.25, 0.3) is 0 Å². The van der Waals surface area contributed by atoms with Gasteiger partial charge in [0, 0.05) is 11.8 Å². The third-order valence-electron chi connectivity index (χ3n) is 3.03. The molecule has 16 heavy (non-hydrogen) atoms. The van der Waals surface area contributed by atoms with Gasteiger partial charge < -0.3 is 4.74 Å². The Morgan fingerprint density at radius 3 is 2.62 bits per heavy atom. The molecule has 4 heteroatoms. The zero-order chi connectivity index (χ0) is 12.0.